The van der Waals surface area contributed by atoms with Crippen molar-refractivity contribution in [3.8, 4) is 11.3 Å². The summed E-state index contributed by atoms with van der Waals surface area (Å²) >= 11 is 0. The Morgan fingerprint density at radius 1 is 1.20 bits per heavy atom. The first-order chi connectivity index (χ1) is 11.1. The van der Waals surface area contributed by atoms with Gasteiger partial charge in [-0.2, -0.15) is 0 Å². The summed E-state index contributed by atoms with van der Waals surface area (Å²) in [6.45, 7) is 4.01. The molecular weight excluding hydrogens is 428 g/mol. The maximum absolute atomic E-state index is 13.2. The van der Waals surface area contributed by atoms with Crippen LogP contribution in [-0.4, -0.2) is 31.7 Å². The Labute approximate surface area is 161 Å². The third-order valence-corrected chi connectivity index (χ3v) is 5.38. The first kappa shape index (κ1) is 21.9. The number of anilines is 1. The zero-order chi connectivity index (χ0) is 18.1. The molecule has 138 valence electrons. The van der Waals surface area contributed by atoms with Crippen molar-refractivity contribution >= 4 is 25.2 Å². The van der Waals surface area contributed by atoms with E-state index in [2.05, 4.69) is 9.97 Å². The van der Waals surface area contributed by atoms with Crippen molar-refractivity contribution in [3.63, 3.8) is 0 Å². The molecule has 1 aromatic carbocycles. The van der Waals surface area contributed by atoms with Crippen LogP contribution in [0.2, 0.25) is 0 Å². The van der Waals surface area contributed by atoms with Gasteiger partial charge in [-0.25, -0.2) is 27.1 Å². The van der Waals surface area contributed by atoms with Crippen LogP contribution in [0.1, 0.15) is 31.0 Å². The second-order valence-corrected chi connectivity index (χ2v) is 8.39. The number of nitrogens with zero attached hydrogens (tertiary/aromatic N) is 3. The Hall–Kier alpha value is -1.11. The predicted molar refractivity (Wildman–Crippen MR) is 99.6 cm³/mol. The van der Waals surface area contributed by atoms with Gasteiger partial charge in [0.25, 0.3) is 0 Å². The molecular formula is C16H22BrFN3O2PS. The van der Waals surface area contributed by atoms with Gasteiger partial charge in [-0.1, -0.05) is 13.8 Å². The number of hydrogen-bond donors (Lipinski definition) is 0. The van der Waals surface area contributed by atoms with Gasteiger partial charge in [-0.15, -0.1) is 0 Å². The second-order valence-electron chi connectivity index (χ2n) is 5.88. The molecule has 0 aliphatic heterocycles. The summed E-state index contributed by atoms with van der Waals surface area (Å²) in [7, 11) is -0.265. The maximum atomic E-state index is 13.2. The van der Waals surface area contributed by atoms with E-state index in [9.17, 15) is 12.8 Å². The highest BCUT2D eigenvalue weighted by molar-refractivity contribution is 7.92. The van der Waals surface area contributed by atoms with E-state index < -0.39 is 10.0 Å². The van der Waals surface area contributed by atoms with Crippen molar-refractivity contribution in [2.45, 2.75) is 25.9 Å². The molecule has 2 aromatic rings. The van der Waals surface area contributed by atoms with Crippen LogP contribution in [0.3, 0.4) is 0 Å². The Morgan fingerprint density at radius 3 is 2.20 bits per heavy atom. The molecule has 2 rings (SSSR count). The van der Waals surface area contributed by atoms with Crippen molar-refractivity contribution in [2.24, 2.45) is 0 Å². The van der Waals surface area contributed by atoms with Gasteiger partial charge < -0.3 is 17.0 Å². The van der Waals surface area contributed by atoms with Crippen LogP contribution in [-0.2, 0) is 16.2 Å². The Kier molecular flexibility index (Phi) is 7.47. The molecule has 25 heavy (non-hydrogen) atoms. The minimum Gasteiger partial charge on any atom is -1.00 e. The summed E-state index contributed by atoms with van der Waals surface area (Å²) in [6.07, 6.45) is 1.83. The average molecular weight is 450 g/mol. The molecule has 0 aliphatic carbocycles. The third kappa shape index (κ3) is 4.96. The lowest BCUT2D eigenvalue weighted by molar-refractivity contribution is -0.00000821. The third-order valence-electron chi connectivity index (χ3n) is 3.72. The standard InChI is InChI=1S/C16H21FN3O2PS.BrH/c1-10(2)14-13(9-23)15(11-5-7-12(17)8-6-11)19-16(18-14)20(3)24(4,21)22;/h5-8,10H,9,23H2,1-4H3;1H. The molecule has 0 radical (unpaired) electrons. The lowest BCUT2D eigenvalue weighted by Gasteiger charge is -2.20. The first-order valence-corrected chi connectivity index (χ1v) is 10.4. The number of halogens is 2. The van der Waals surface area contributed by atoms with E-state index in [1.54, 1.807) is 21.4 Å². The molecule has 1 unspecified atom stereocenters. The van der Waals surface area contributed by atoms with Crippen LogP contribution >= 0.6 is 9.24 Å². The van der Waals surface area contributed by atoms with Gasteiger partial charge in [0.2, 0.25) is 16.0 Å². The van der Waals surface area contributed by atoms with Gasteiger partial charge in [0.05, 0.1) is 23.8 Å². The smallest absolute Gasteiger partial charge is 0.239 e. The molecule has 1 heterocycles. The fourth-order valence-electron chi connectivity index (χ4n) is 2.35. The monoisotopic (exact) mass is 449 g/mol. The SMILES string of the molecule is CC(C)c1nc(N(C)S(C)(=O)=O)nc(-c2ccc(F)cc2)c1C[PH3+].[Br-]. The van der Waals surface area contributed by atoms with Crippen molar-refractivity contribution in [1.82, 2.24) is 9.97 Å². The minimum absolute atomic E-state index is 0. The van der Waals surface area contributed by atoms with E-state index in [0.717, 1.165) is 33.5 Å². The summed E-state index contributed by atoms with van der Waals surface area (Å²) in [5, 5.41) is 0. The van der Waals surface area contributed by atoms with E-state index in [1.165, 1.54) is 19.2 Å². The molecule has 0 aliphatic rings. The Balaban J connectivity index is 0.00000312. The molecule has 1 aromatic heterocycles. The van der Waals surface area contributed by atoms with Crippen LogP contribution in [0.15, 0.2) is 24.3 Å². The molecule has 0 N–H and O–H groups in total. The molecule has 0 saturated carbocycles. The quantitative estimate of drug-likeness (QED) is 0.598. The van der Waals surface area contributed by atoms with Crippen LogP contribution in [0.5, 0.6) is 0 Å². The average Bonchev–Trinajstić information content (AvgIpc) is 2.52. The summed E-state index contributed by atoms with van der Waals surface area (Å²) < 4.78 is 38.0. The molecule has 0 bridgehead atoms. The number of sulfonamides is 1. The van der Waals surface area contributed by atoms with E-state index in [0.29, 0.717) is 5.69 Å². The maximum Gasteiger partial charge on any atom is 0.239 e. The van der Waals surface area contributed by atoms with Gasteiger partial charge in [0, 0.05) is 18.2 Å². The van der Waals surface area contributed by atoms with E-state index in [4.69, 9.17) is 0 Å². The van der Waals surface area contributed by atoms with E-state index in [1.807, 2.05) is 13.8 Å². The number of aromatic nitrogens is 2. The minimum atomic E-state index is -3.47. The van der Waals surface area contributed by atoms with Gasteiger partial charge in [-0.05, 0) is 39.4 Å². The summed E-state index contributed by atoms with van der Waals surface area (Å²) in [5.41, 5.74) is 3.16. The van der Waals surface area contributed by atoms with Crippen LogP contribution in [0, 0.1) is 5.82 Å². The summed E-state index contributed by atoms with van der Waals surface area (Å²) in [5.74, 6) is -0.0926. The zero-order valence-electron chi connectivity index (χ0n) is 14.6. The molecule has 1 atom stereocenters. The molecule has 0 spiro atoms. The van der Waals surface area contributed by atoms with Crippen LogP contribution in [0.25, 0.3) is 11.3 Å². The highest BCUT2D eigenvalue weighted by Gasteiger charge is 2.22. The van der Waals surface area contributed by atoms with Gasteiger partial charge in [0.1, 0.15) is 5.82 Å². The number of hydrogen-bond acceptors (Lipinski definition) is 4. The number of benzene rings is 1. The first-order valence-electron chi connectivity index (χ1n) is 7.55. The van der Waals surface area contributed by atoms with Crippen molar-refractivity contribution in [3.05, 3.63) is 41.3 Å². The van der Waals surface area contributed by atoms with Gasteiger partial charge in [0.15, 0.2) is 0 Å². The number of rotatable bonds is 5. The van der Waals surface area contributed by atoms with E-state index >= 15 is 0 Å². The molecule has 0 saturated heterocycles. The zero-order valence-corrected chi connectivity index (χ0v) is 18.4. The summed E-state index contributed by atoms with van der Waals surface area (Å²) in [4.78, 5) is 8.95. The van der Waals surface area contributed by atoms with Gasteiger partial charge in [-0.3, -0.25) is 0 Å². The van der Waals surface area contributed by atoms with E-state index in [-0.39, 0.29) is 34.7 Å². The lowest BCUT2D eigenvalue weighted by atomic mass is 9.99. The topological polar surface area (TPSA) is 63.2 Å². The summed E-state index contributed by atoms with van der Waals surface area (Å²) in [6, 6.07) is 6.03. The predicted octanol–water partition coefficient (Wildman–Crippen LogP) is -0.0867. The molecule has 9 heteroatoms. The van der Waals surface area contributed by atoms with Crippen LogP contribution < -0.4 is 21.3 Å². The largest absolute Gasteiger partial charge is 1.00 e. The van der Waals surface area contributed by atoms with Crippen molar-refractivity contribution in [1.29, 1.82) is 0 Å². The van der Waals surface area contributed by atoms with Gasteiger partial charge >= 0.3 is 0 Å². The van der Waals surface area contributed by atoms with Crippen molar-refractivity contribution in [2.75, 3.05) is 17.6 Å². The Morgan fingerprint density at radius 2 is 1.76 bits per heavy atom. The highest BCUT2D eigenvalue weighted by Crippen LogP contribution is 2.31. The fourth-order valence-corrected chi connectivity index (χ4v) is 3.22. The second kappa shape index (κ2) is 8.52. The normalized spacial score (nSPS) is 11.4. The Bertz CT molecular complexity index is 845. The lowest BCUT2D eigenvalue weighted by Crippen LogP contribution is -3.00. The highest BCUT2D eigenvalue weighted by atomic mass is 79.9. The molecule has 0 amide bonds. The fraction of sp³-hybridized carbons (Fsp3) is 0.375. The molecule has 5 nitrogen and oxygen atoms in total. The van der Waals surface area contributed by atoms with Crippen molar-refractivity contribution < 1.29 is 29.8 Å². The van der Waals surface area contributed by atoms with Crippen LogP contribution in [0.4, 0.5) is 10.3 Å². The molecule has 0 fully saturated rings.